The number of anilines is 2. The quantitative estimate of drug-likeness (QED) is 0.421. The minimum atomic E-state index is -0.402. The first-order valence-corrected chi connectivity index (χ1v) is 11.8. The molecule has 2 N–H and O–H groups in total. The normalized spacial score (nSPS) is 16.9. The highest BCUT2D eigenvalue weighted by Crippen LogP contribution is 2.42. The van der Waals surface area contributed by atoms with Gasteiger partial charge in [-0.2, -0.15) is 0 Å². The molecule has 6 rings (SSSR count). The maximum atomic E-state index is 13.8. The number of allylic oxidation sites excluding steroid dienone is 1. The summed E-state index contributed by atoms with van der Waals surface area (Å²) in [4.78, 5) is 18.6. The number of aryl methyl sites for hydroxylation is 1. The van der Waals surface area contributed by atoms with Crippen LogP contribution >= 0.6 is 0 Å². The average Bonchev–Trinajstić information content (AvgIpc) is 3.05. The zero-order valence-electron chi connectivity index (χ0n) is 19.7. The molecule has 0 saturated carbocycles. The zero-order chi connectivity index (χ0) is 23.9. The smallest absolute Gasteiger partial charge is 0.255 e. The predicted octanol–water partition coefficient (Wildman–Crippen LogP) is 5.43. The number of fused-ring (bicyclic) bond motifs is 4. The van der Waals surface area contributed by atoms with E-state index in [2.05, 4.69) is 15.2 Å². The molecule has 0 aliphatic carbocycles. The number of imidazole rings is 1. The molecule has 35 heavy (non-hydrogen) atoms. The molecule has 0 spiro atoms. The van der Waals surface area contributed by atoms with Crippen molar-refractivity contribution >= 4 is 28.6 Å². The lowest BCUT2D eigenvalue weighted by Crippen LogP contribution is -2.31. The number of para-hydroxylation sites is 2. The van der Waals surface area contributed by atoms with Crippen LogP contribution in [0.5, 0.6) is 11.5 Å². The Labute approximate surface area is 203 Å². The van der Waals surface area contributed by atoms with Crippen LogP contribution in [0.25, 0.3) is 11.0 Å². The molecule has 0 radical (unpaired) electrons. The van der Waals surface area contributed by atoms with Gasteiger partial charge in [-0.1, -0.05) is 35.9 Å². The molecule has 1 aromatic heterocycles. The van der Waals surface area contributed by atoms with Crippen LogP contribution in [0.4, 0.5) is 11.6 Å². The fourth-order valence-corrected chi connectivity index (χ4v) is 4.76. The molecule has 2 aliphatic heterocycles. The number of ether oxygens (including phenoxy) is 2. The topological polar surface area (TPSA) is 77.4 Å². The van der Waals surface area contributed by atoms with Crippen LogP contribution in [0.1, 0.15) is 30.5 Å². The minimum absolute atomic E-state index is 0.167. The highest BCUT2D eigenvalue weighted by atomic mass is 16.5. The third-order valence-corrected chi connectivity index (χ3v) is 6.47. The first-order chi connectivity index (χ1) is 17.1. The molecule has 0 bridgehead atoms. The molecule has 176 valence electrons. The van der Waals surface area contributed by atoms with Crippen molar-refractivity contribution in [2.75, 3.05) is 23.8 Å². The number of hydrogen-bond donors (Lipinski definition) is 2. The Hall–Kier alpha value is -4.26. The van der Waals surface area contributed by atoms with E-state index in [1.54, 1.807) is 0 Å². The molecular formula is C28H26N4O3. The van der Waals surface area contributed by atoms with Crippen LogP contribution in [-0.4, -0.2) is 28.7 Å². The number of benzene rings is 3. The number of nitrogens with zero attached hydrogens (tertiary/aromatic N) is 2. The van der Waals surface area contributed by atoms with E-state index < -0.39 is 6.04 Å². The second-order valence-corrected chi connectivity index (χ2v) is 8.94. The molecule has 1 unspecified atom stereocenters. The summed E-state index contributed by atoms with van der Waals surface area (Å²) in [7, 11) is 0. The molecule has 0 saturated heterocycles. The van der Waals surface area contributed by atoms with Crippen molar-refractivity contribution < 1.29 is 14.3 Å². The lowest BCUT2D eigenvalue weighted by molar-refractivity contribution is -0.113. The number of rotatable bonds is 3. The summed E-state index contributed by atoms with van der Waals surface area (Å²) < 4.78 is 13.9. The van der Waals surface area contributed by atoms with Gasteiger partial charge in [0.2, 0.25) is 5.95 Å². The maximum Gasteiger partial charge on any atom is 0.255 e. The second-order valence-electron chi connectivity index (χ2n) is 8.94. The molecule has 7 nitrogen and oxygen atoms in total. The molecule has 3 heterocycles. The molecule has 4 aromatic rings. The molecule has 0 fully saturated rings. The fraction of sp³-hybridized carbons (Fsp3) is 0.214. The van der Waals surface area contributed by atoms with Gasteiger partial charge >= 0.3 is 0 Å². The molecule has 1 amide bonds. The summed E-state index contributed by atoms with van der Waals surface area (Å²) in [5.41, 5.74) is 6.00. The first-order valence-electron chi connectivity index (χ1n) is 11.8. The minimum Gasteiger partial charge on any atom is -0.490 e. The van der Waals surface area contributed by atoms with E-state index in [4.69, 9.17) is 14.5 Å². The summed E-state index contributed by atoms with van der Waals surface area (Å²) in [6.07, 6.45) is 0.830. The summed E-state index contributed by atoms with van der Waals surface area (Å²) in [5.74, 6) is 1.95. The van der Waals surface area contributed by atoms with Crippen molar-refractivity contribution in [1.29, 1.82) is 0 Å². The van der Waals surface area contributed by atoms with Crippen molar-refractivity contribution in [2.24, 2.45) is 0 Å². The van der Waals surface area contributed by atoms with Gasteiger partial charge in [0.1, 0.15) is 0 Å². The number of carbonyl (C=O) groups excluding carboxylic acids is 1. The van der Waals surface area contributed by atoms with Crippen LogP contribution in [0.15, 0.2) is 78.0 Å². The van der Waals surface area contributed by atoms with Gasteiger partial charge in [-0.25, -0.2) is 4.98 Å². The van der Waals surface area contributed by atoms with Gasteiger partial charge in [0, 0.05) is 17.8 Å². The highest BCUT2D eigenvalue weighted by molar-refractivity contribution is 6.06. The molecule has 3 aromatic carbocycles. The summed E-state index contributed by atoms with van der Waals surface area (Å²) >= 11 is 0. The number of aromatic nitrogens is 2. The van der Waals surface area contributed by atoms with Crippen molar-refractivity contribution in [1.82, 2.24) is 9.55 Å². The second kappa shape index (κ2) is 8.51. The van der Waals surface area contributed by atoms with E-state index in [1.807, 2.05) is 80.6 Å². The molecule has 2 aliphatic rings. The SMILES string of the molecule is CC1=C(C(=O)Nc2ccc(C)cc2)C(c2ccc3c(c2)OCCCO3)n2c(nc3ccccc32)N1. The first kappa shape index (κ1) is 21.3. The van der Waals surface area contributed by atoms with Crippen LogP contribution in [0.2, 0.25) is 0 Å². The molecule has 7 heteroatoms. The van der Waals surface area contributed by atoms with E-state index in [1.165, 1.54) is 0 Å². The Balaban J connectivity index is 1.50. The zero-order valence-corrected chi connectivity index (χ0v) is 19.7. The summed E-state index contributed by atoms with van der Waals surface area (Å²) in [5, 5.41) is 6.45. The van der Waals surface area contributed by atoms with Crippen LogP contribution in [0, 0.1) is 6.92 Å². The van der Waals surface area contributed by atoms with Gasteiger partial charge in [0.05, 0.1) is 35.9 Å². The van der Waals surface area contributed by atoms with Crippen LogP contribution in [-0.2, 0) is 4.79 Å². The Morgan fingerprint density at radius 3 is 2.60 bits per heavy atom. The van der Waals surface area contributed by atoms with Gasteiger partial charge in [-0.15, -0.1) is 0 Å². The number of hydrogen-bond acceptors (Lipinski definition) is 5. The lowest BCUT2D eigenvalue weighted by Gasteiger charge is -2.31. The summed E-state index contributed by atoms with van der Waals surface area (Å²) in [6.45, 7) is 5.16. The van der Waals surface area contributed by atoms with Gasteiger partial charge in [-0.05, 0) is 55.8 Å². The van der Waals surface area contributed by atoms with Crippen molar-refractivity contribution in [2.45, 2.75) is 26.3 Å². The third kappa shape index (κ3) is 3.79. The molecular weight excluding hydrogens is 440 g/mol. The number of carbonyl (C=O) groups is 1. The Morgan fingerprint density at radius 2 is 1.77 bits per heavy atom. The van der Waals surface area contributed by atoms with Crippen LogP contribution < -0.4 is 20.1 Å². The third-order valence-electron chi connectivity index (χ3n) is 6.47. The Kier molecular flexibility index (Phi) is 5.17. The highest BCUT2D eigenvalue weighted by Gasteiger charge is 2.34. The van der Waals surface area contributed by atoms with Gasteiger partial charge in [0.25, 0.3) is 5.91 Å². The van der Waals surface area contributed by atoms with Gasteiger partial charge in [-0.3, -0.25) is 9.36 Å². The van der Waals surface area contributed by atoms with E-state index in [9.17, 15) is 4.79 Å². The number of nitrogens with one attached hydrogen (secondary N) is 2. The average molecular weight is 467 g/mol. The van der Waals surface area contributed by atoms with E-state index >= 15 is 0 Å². The maximum absolute atomic E-state index is 13.8. The van der Waals surface area contributed by atoms with Crippen molar-refractivity contribution in [3.63, 3.8) is 0 Å². The standard InChI is InChI=1S/C28H26N4O3/c1-17-8-11-20(12-9-17)30-27(33)25-18(2)29-28-31-21-6-3-4-7-22(21)32(28)26(25)19-10-13-23-24(16-19)35-15-5-14-34-23/h3-4,6-13,16,26H,5,14-15H2,1-2H3,(H,29,31)(H,30,33). The Bertz CT molecular complexity index is 1470. The van der Waals surface area contributed by atoms with E-state index in [0.717, 1.165) is 45.7 Å². The largest absolute Gasteiger partial charge is 0.490 e. The predicted molar refractivity (Wildman–Crippen MR) is 136 cm³/mol. The summed E-state index contributed by atoms with van der Waals surface area (Å²) in [6, 6.07) is 21.3. The van der Waals surface area contributed by atoms with Crippen molar-refractivity contribution in [3.8, 4) is 11.5 Å². The Morgan fingerprint density at radius 1 is 1.00 bits per heavy atom. The molecule has 1 atom stereocenters. The van der Waals surface area contributed by atoms with E-state index in [-0.39, 0.29) is 5.91 Å². The monoisotopic (exact) mass is 466 g/mol. The van der Waals surface area contributed by atoms with Gasteiger partial charge in [0.15, 0.2) is 11.5 Å². The van der Waals surface area contributed by atoms with Crippen LogP contribution in [0.3, 0.4) is 0 Å². The van der Waals surface area contributed by atoms with Crippen molar-refractivity contribution in [3.05, 3.63) is 89.1 Å². The lowest BCUT2D eigenvalue weighted by atomic mass is 9.94. The fourth-order valence-electron chi connectivity index (χ4n) is 4.76. The number of amides is 1. The van der Waals surface area contributed by atoms with Gasteiger partial charge < -0.3 is 20.1 Å². The van der Waals surface area contributed by atoms with E-state index in [0.29, 0.717) is 30.5 Å².